The summed E-state index contributed by atoms with van der Waals surface area (Å²) in [6, 6.07) is 1.79. The van der Waals surface area contributed by atoms with Crippen molar-refractivity contribution in [2.45, 2.75) is 72.6 Å². The van der Waals surface area contributed by atoms with Crippen molar-refractivity contribution >= 4 is 15.9 Å². The Bertz CT molecular complexity index is 596. The van der Waals surface area contributed by atoms with Crippen LogP contribution in [0.1, 0.15) is 70.9 Å². The van der Waals surface area contributed by atoms with Gasteiger partial charge in [-0.05, 0) is 80.4 Å². The fraction of sp³-hybridized carbons (Fsp3) is 0.524. The summed E-state index contributed by atoms with van der Waals surface area (Å²) in [5, 5.41) is 20.7. The molecule has 134 valence electrons. The van der Waals surface area contributed by atoms with Crippen molar-refractivity contribution < 1.29 is 10.2 Å². The maximum absolute atomic E-state index is 10.4. The van der Waals surface area contributed by atoms with E-state index in [1.54, 1.807) is 6.07 Å². The molecule has 3 heteroatoms. The van der Waals surface area contributed by atoms with Crippen molar-refractivity contribution in [2.24, 2.45) is 0 Å². The first kappa shape index (κ1) is 20.8. The summed E-state index contributed by atoms with van der Waals surface area (Å²) >= 11 is 3.49. The Labute approximate surface area is 155 Å². The van der Waals surface area contributed by atoms with Crippen LogP contribution in [0, 0.1) is 0 Å². The minimum atomic E-state index is 0.176. The molecule has 0 unspecified atom stereocenters. The molecule has 24 heavy (non-hydrogen) atoms. The first-order chi connectivity index (χ1) is 11.4. The smallest absolute Gasteiger partial charge is 0.137 e. The molecule has 0 fully saturated rings. The summed E-state index contributed by atoms with van der Waals surface area (Å²) in [5.41, 5.74) is 4.18. The highest BCUT2D eigenvalue weighted by Crippen LogP contribution is 2.38. The number of phenols is 2. The summed E-state index contributed by atoms with van der Waals surface area (Å²) in [6.07, 6.45) is 11.2. The van der Waals surface area contributed by atoms with Crippen LogP contribution in [0.3, 0.4) is 0 Å². The molecule has 0 atom stereocenters. The molecule has 0 bridgehead atoms. The average molecular weight is 395 g/mol. The zero-order valence-corrected chi connectivity index (χ0v) is 17.0. The highest BCUT2D eigenvalue weighted by Gasteiger charge is 2.14. The predicted octanol–water partition coefficient (Wildman–Crippen LogP) is 6.83. The Hall–Kier alpha value is -1.22. The number of aromatic hydroxyl groups is 2. The fourth-order valence-corrected chi connectivity index (χ4v) is 3.19. The summed E-state index contributed by atoms with van der Waals surface area (Å²) in [6.45, 7) is 8.48. The van der Waals surface area contributed by atoms with E-state index in [0.29, 0.717) is 12.0 Å². The van der Waals surface area contributed by atoms with Gasteiger partial charge >= 0.3 is 0 Å². The van der Waals surface area contributed by atoms with E-state index in [2.05, 4.69) is 55.8 Å². The van der Waals surface area contributed by atoms with Crippen LogP contribution in [0.4, 0.5) is 0 Å². The molecular formula is C21H31BrO2. The molecule has 2 nitrogen and oxygen atoms in total. The van der Waals surface area contributed by atoms with Gasteiger partial charge in [-0.15, -0.1) is 0 Å². The van der Waals surface area contributed by atoms with Gasteiger partial charge in [-0.2, -0.15) is 0 Å². The van der Waals surface area contributed by atoms with Crippen LogP contribution in [0.15, 0.2) is 33.8 Å². The van der Waals surface area contributed by atoms with Gasteiger partial charge in [0.05, 0.1) is 4.47 Å². The van der Waals surface area contributed by atoms with Crippen LogP contribution in [0.5, 0.6) is 11.5 Å². The van der Waals surface area contributed by atoms with Crippen LogP contribution in [-0.2, 0) is 12.8 Å². The number of phenolic OH excluding ortho intramolecular Hbond substituents is 2. The summed E-state index contributed by atoms with van der Waals surface area (Å²) in [5.74, 6) is 0.366. The van der Waals surface area contributed by atoms with Gasteiger partial charge in [-0.1, -0.05) is 43.1 Å². The largest absolute Gasteiger partial charge is 0.508 e. The monoisotopic (exact) mass is 394 g/mol. The van der Waals surface area contributed by atoms with E-state index in [1.165, 1.54) is 11.1 Å². The van der Waals surface area contributed by atoms with Crippen LogP contribution in [0.2, 0.25) is 0 Å². The molecule has 0 amide bonds. The third-order valence-electron chi connectivity index (χ3n) is 4.19. The maximum Gasteiger partial charge on any atom is 0.137 e. The molecule has 0 aliphatic rings. The number of unbranched alkanes of at least 4 members (excludes halogenated alkanes) is 2. The zero-order chi connectivity index (χ0) is 18.1. The van der Waals surface area contributed by atoms with Crippen molar-refractivity contribution in [3.8, 4) is 11.5 Å². The van der Waals surface area contributed by atoms with Crippen molar-refractivity contribution in [2.75, 3.05) is 0 Å². The molecular weight excluding hydrogens is 364 g/mol. The van der Waals surface area contributed by atoms with Crippen LogP contribution >= 0.6 is 15.9 Å². The quantitative estimate of drug-likeness (QED) is 0.355. The Kier molecular flexibility index (Phi) is 9.20. The number of benzene rings is 1. The van der Waals surface area contributed by atoms with Gasteiger partial charge in [0.1, 0.15) is 11.5 Å². The number of allylic oxidation sites excluding steroid dienone is 4. The molecule has 1 aromatic carbocycles. The second-order valence-electron chi connectivity index (χ2n) is 6.73. The third-order valence-corrected chi connectivity index (χ3v) is 5.08. The molecule has 0 radical (unpaired) electrons. The fourth-order valence-electron chi connectivity index (χ4n) is 2.64. The van der Waals surface area contributed by atoms with Crippen LogP contribution < -0.4 is 0 Å². The second kappa shape index (κ2) is 10.6. The minimum Gasteiger partial charge on any atom is -0.508 e. The molecule has 0 aromatic heterocycles. The molecule has 0 heterocycles. The number of rotatable bonds is 9. The normalized spacial score (nSPS) is 11.6. The topological polar surface area (TPSA) is 40.5 Å². The highest BCUT2D eigenvalue weighted by atomic mass is 79.9. The Morgan fingerprint density at radius 2 is 1.83 bits per heavy atom. The number of hydrogen-bond acceptors (Lipinski definition) is 2. The number of aryl methyl sites for hydroxylation is 1. The number of hydrogen-bond donors (Lipinski definition) is 2. The maximum atomic E-state index is 10.4. The van der Waals surface area contributed by atoms with Gasteiger partial charge in [0.15, 0.2) is 0 Å². The molecule has 0 aliphatic carbocycles. The molecule has 2 N–H and O–H groups in total. The van der Waals surface area contributed by atoms with E-state index < -0.39 is 0 Å². The molecule has 0 saturated carbocycles. The Morgan fingerprint density at radius 1 is 1.12 bits per heavy atom. The van der Waals surface area contributed by atoms with Crippen LogP contribution in [-0.4, -0.2) is 10.2 Å². The standard InChI is InChI=1S/C21H31BrO2/c1-5-6-7-11-17-14-19(23)18(21(24)20(17)22)13-12-16(4)10-8-9-15(2)3/h9,12,14,23-24H,5-8,10-11,13H2,1-4H3/b16-12+. The van der Waals surface area contributed by atoms with Crippen molar-refractivity contribution in [3.05, 3.63) is 45.0 Å². The van der Waals surface area contributed by atoms with Crippen molar-refractivity contribution in [1.29, 1.82) is 0 Å². The van der Waals surface area contributed by atoms with E-state index in [9.17, 15) is 10.2 Å². The first-order valence-electron chi connectivity index (χ1n) is 8.88. The molecule has 1 aromatic rings. The minimum absolute atomic E-state index is 0.176. The first-order valence-corrected chi connectivity index (χ1v) is 9.67. The lowest BCUT2D eigenvalue weighted by molar-refractivity contribution is 0.437. The zero-order valence-electron chi connectivity index (χ0n) is 15.5. The lowest BCUT2D eigenvalue weighted by Crippen LogP contribution is -1.93. The van der Waals surface area contributed by atoms with Crippen molar-refractivity contribution in [3.63, 3.8) is 0 Å². The SMILES string of the molecule is CCCCCc1cc(O)c(C/C=C(\C)CCC=C(C)C)c(O)c1Br. The summed E-state index contributed by atoms with van der Waals surface area (Å²) < 4.78 is 0.724. The third kappa shape index (κ3) is 6.72. The van der Waals surface area contributed by atoms with E-state index in [1.807, 2.05) is 0 Å². The lowest BCUT2D eigenvalue weighted by atomic mass is 10.0. The Morgan fingerprint density at radius 3 is 2.46 bits per heavy atom. The van der Waals surface area contributed by atoms with E-state index in [-0.39, 0.29) is 11.5 Å². The van der Waals surface area contributed by atoms with E-state index in [4.69, 9.17) is 0 Å². The second-order valence-corrected chi connectivity index (χ2v) is 7.52. The van der Waals surface area contributed by atoms with E-state index in [0.717, 1.165) is 48.6 Å². The number of halogens is 1. The molecule has 0 saturated heterocycles. The summed E-state index contributed by atoms with van der Waals surface area (Å²) in [4.78, 5) is 0. The highest BCUT2D eigenvalue weighted by molar-refractivity contribution is 9.10. The summed E-state index contributed by atoms with van der Waals surface area (Å²) in [7, 11) is 0. The van der Waals surface area contributed by atoms with E-state index >= 15 is 0 Å². The molecule has 0 spiro atoms. The predicted molar refractivity (Wildman–Crippen MR) is 107 cm³/mol. The molecule has 0 aliphatic heterocycles. The van der Waals surface area contributed by atoms with Gasteiger partial charge in [0.25, 0.3) is 0 Å². The molecule has 1 rings (SSSR count). The van der Waals surface area contributed by atoms with Gasteiger partial charge in [0.2, 0.25) is 0 Å². The lowest BCUT2D eigenvalue weighted by Gasteiger charge is -2.12. The van der Waals surface area contributed by atoms with Gasteiger partial charge in [0, 0.05) is 5.56 Å². The van der Waals surface area contributed by atoms with Gasteiger partial charge < -0.3 is 10.2 Å². The van der Waals surface area contributed by atoms with Gasteiger partial charge in [-0.3, -0.25) is 0 Å². The van der Waals surface area contributed by atoms with Crippen LogP contribution in [0.25, 0.3) is 0 Å². The van der Waals surface area contributed by atoms with Crippen molar-refractivity contribution in [1.82, 2.24) is 0 Å². The Balaban J connectivity index is 2.81. The average Bonchev–Trinajstić information content (AvgIpc) is 2.51. The van der Waals surface area contributed by atoms with Gasteiger partial charge in [-0.25, -0.2) is 0 Å².